The van der Waals surface area contributed by atoms with Crippen molar-refractivity contribution in [2.75, 3.05) is 17.6 Å². The van der Waals surface area contributed by atoms with Crippen molar-refractivity contribution >= 4 is 11.4 Å². The van der Waals surface area contributed by atoms with Gasteiger partial charge in [0.25, 0.3) is 0 Å². The Balaban J connectivity index is 2.51. The minimum Gasteiger partial charge on any atom is -0.399 e. The maximum absolute atomic E-state index is 13.2. The quantitative estimate of drug-likeness (QED) is 0.644. The molecule has 4 heteroatoms. The van der Waals surface area contributed by atoms with Gasteiger partial charge in [0.2, 0.25) is 0 Å². The second-order valence-electron chi connectivity index (χ2n) is 3.30. The van der Waals surface area contributed by atoms with E-state index in [1.165, 1.54) is 6.07 Å². The van der Waals surface area contributed by atoms with Gasteiger partial charge in [0.15, 0.2) is 0 Å². The van der Waals surface area contributed by atoms with Crippen molar-refractivity contribution in [2.45, 2.75) is 19.4 Å². The van der Waals surface area contributed by atoms with Gasteiger partial charge < -0.3 is 16.2 Å². The van der Waals surface area contributed by atoms with Crippen LogP contribution in [0.2, 0.25) is 0 Å². The van der Waals surface area contributed by atoms with E-state index in [1.807, 2.05) is 0 Å². The summed E-state index contributed by atoms with van der Waals surface area (Å²) in [6.45, 7) is 2.24. The van der Waals surface area contributed by atoms with Crippen molar-refractivity contribution in [2.24, 2.45) is 0 Å². The summed E-state index contributed by atoms with van der Waals surface area (Å²) < 4.78 is 13.2. The summed E-state index contributed by atoms with van der Waals surface area (Å²) in [6, 6.07) is 4.49. The van der Waals surface area contributed by atoms with Crippen LogP contribution in [0, 0.1) is 5.82 Å². The monoisotopic (exact) mass is 198 g/mol. The van der Waals surface area contributed by atoms with Crippen LogP contribution in [0.15, 0.2) is 18.2 Å². The van der Waals surface area contributed by atoms with E-state index in [2.05, 4.69) is 5.32 Å². The molecule has 0 aliphatic carbocycles. The van der Waals surface area contributed by atoms with E-state index >= 15 is 0 Å². The average Bonchev–Trinajstić information content (AvgIpc) is 2.08. The average molecular weight is 198 g/mol. The number of benzene rings is 1. The standard InChI is InChI=1S/C10H15FN2O/c1-7(14)4-5-13-10-3-2-8(12)6-9(10)11/h2-3,6-7,13-14H,4-5,12H2,1H3. The maximum atomic E-state index is 13.2. The van der Waals surface area contributed by atoms with Gasteiger partial charge in [0.05, 0.1) is 11.8 Å². The van der Waals surface area contributed by atoms with Crippen LogP contribution >= 0.6 is 0 Å². The third-order valence-electron chi connectivity index (χ3n) is 1.87. The lowest BCUT2D eigenvalue weighted by molar-refractivity contribution is 0.188. The Morgan fingerprint density at radius 1 is 1.57 bits per heavy atom. The van der Waals surface area contributed by atoms with E-state index in [4.69, 9.17) is 10.8 Å². The molecule has 3 nitrogen and oxygen atoms in total. The number of hydrogen-bond donors (Lipinski definition) is 3. The van der Waals surface area contributed by atoms with E-state index in [-0.39, 0.29) is 11.9 Å². The third kappa shape index (κ3) is 3.22. The Labute approximate surface area is 82.7 Å². The molecule has 0 fully saturated rings. The van der Waals surface area contributed by atoms with Crippen LogP contribution in [0.25, 0.3) is 0 Å². The molecule has 1 aromatic carbocycles. The lowest BCUT2D eigenvalue weighted by Crippen LogP contribution is -2.10. The van der Waals surface area contributed by atoms with Crippen LogP contribution in [0.3, 0.4) is 0 Å². The molecular formula is C10H15FN2O. The predicted octanol–water partition coefficient (Wildman–Crippen LogP) is 1.59. The SMILES string of the molecule is CC(O)CCNc1ccc(N)cc1F. The number of rotatable bonds is 4. The Hall–Kier alpha value is -1.29. The first-order valence-corrected chi connectivity index (χ1v) is 4.56. The number of nitrogen functional groups attached to an aromatic ring is 1. The topological polar surface area (TPSA) is 58.3 Å². The first kappa shape index (κ1) is 10.8. The molecule has 0 heterocycles. The van der Waals surface area contributed by atoms with Crippen LogP contribution in [-0.2, 0) is 0 Å². The van der Waals surface area contributed by atoms with Gasteiger partial charge in [-0.25, -0.2) is 4.39 Å². The molecule has 1 atom stereocenters. The summed E-state index contributed by atoms with van der Waals surface area (Å²) in [7, 11) is 0. The van der Waals surface area contributed by atoms with Gasteiger partial charge in [0, 0.05) is 12.2 Å². The largest absolute Gasteiger partial charge is 0.399 e. The summed E-state index contributed by atoms with van der Waals surface area (Å²) in [5.74, 6) is -0.365. The van der Waals surface area contributed by atoms with Gasteiger partial charge >= 0.3 is 0 Å². The summed E-state index contributed by atoms with van der Waals surface area (Å²) in [5.41, 5.74) is 6.22. The van der Waals surface area contributed by atoms with E-state index in [9.17, 15) is 4.39 Å². The molecule has 0 saturated carbocycles. The number of anilines is 2. The molecule has 0 aliphatic heterocycles. The summed E-state index contributed by atoms with van der Waals surface area (Å²) in [6.07, 6.45) is 0.212. The number of halogens is 1. The predicted molar refractivity (Wildman–Crippen MR) is 55.6 cm³/mol. The second-order valence-corrected chi connectivity index (χ2v) is 3.30. The van der Waals surface area contributed by atoms with Crippen molar-refractivity contribution in [1.29, 1.82) is 0 Å². The molecule has 0 bridgehead atoms. The molecule has 1 aromatic rings. The summed E-state index contributed by atoms with van der Waals surface area (Å²) in [4.78, 5) is 0. The van der Waals surface area contributed by atoms with Crippen LogP contribution in [0.1, 0.15) is 13.3 Å². The van der Waals surface area contributed by atoms with E-state index in [0.717, 1.165) is 0 Å². The highest BCUT2D eigenvalue weighted by Crippen LogP contribution is 2.16. The lowest BCUT2D eigenvalue weighted by Gasteiger charge is -2.08. The zero-order valence-electron chi connectivity index (χ0n) is 8.13. The fourth-order valence-electron chi connectivity index (χ4n) is 1.09. The molecule has 0 spiro atoms. The Morgan fingerprint density at radius 2 is 2.29 bits per heavy atom. The maximum Gasteiger partial charge on any atom is 0.148 e. The molecule has 14 heavy (non-hydrogen) atoms. The van der Waals surface area contributed by atoms with Crippen LogP contribution in [0.4, 0.5) is 15.8 Å². The van der Waals surface area contributed by atoms with Crippen molar-refractivity contribution < 1.29 is 9.50 Å². The summed E-state index contributed by atoms with van der Waals surface area (Å²) >= 11 is 0. The smallest absolute Gasteiger partial charge is 0.148 e. The lowest BCUT2D eigenvalue weighted by atomic mass is 10.2. The highest BCUT2D eigenvalue weighted by molar-refractivity contribution is 5.52. The number of hydrogen-bond acceptors (Lipinski definition) is 3. The molecular weight excluding hydrogens is 183 g/mol. The molecule has 0 aromatic heterocycles. The van der Waals surface area contributed by atoms with Crippen molar-refractivity contribution in [3.05, 3.63) is 24.0 Å². The molecule has 1 unspecified atom stereocenters. The normalized spacial score (nSPS) is 12.5. The molecule has 0 radical (unpaired) electrons. The molecule has 0 saturated heterocycles. The van der Waals surface area contributed by atoms with E-state index in [0.29, 0.717) is 24.3 Å². The summed E-state index contributed by atoms with van der Waals surface area (Å²) in [5, 5.41) is 11.9. The molecule has 0 amide bonds. The van der Waals surface area contributed by atoms with Crippen LogP contribution in [0.5, 0.6) is 0 Å². The third-order valence-corrected chi connectivity index (χ3v) is 1.87. The molecule has 78 valence electrons. The van der Waals surface area contributed by atoms with E-state index in [1.54, 1.807) is 19.1 Å². The number of aliphatic hydroxyl groups is 1. The zero-order valence-corrected chi connectivity index (χ0v) is 8.13. The van der Waals surface area contributed by atoms with Crippen molar-refractivity contribution in [3.63, 3.8) is 0 Å². The number of nitrogens with two attached hydrogens (primary N) is 1. The number of nitrogens with one attached hydrogen (secondary N) is 1. The zero-order chi connectivity index (χ0) is 10.6. The Kier molecular flexibility index (Phi) is 3.71. The van der Waals surface area contributed by atoms with Gasteiger partial charge in [-0.1, -0.05) is 0 Å². The molecule has 1 rings (SSSR count). The van der Waals surface area contributed by atoms with E-state index < -0.39 is 0 Å². The molecule has 4 N–H and O–H groups in total. The van der Waals surface area contributed by atoms with Gasteiger partial charge in [-0.05, 0) is 31.5 Å². The number of aliphatic hydroxyl groups excluding tert-OH is 1. The fraction of sp³-hybridized carbons (Fsp3) is 0.400. The first-order valence-electron chi connectivity index (χ1n) is 4.56. The van der Waals surface area contributed by atoms with Crippen molar-refractivity contribution in [3.8, 4) is 0 Å². The first-order chi connectivity index (χ1) is 6.59. The van der Waals surface area contributed by atoms with Crippen molar-refractivity contribution in [1.82, 2.24) is 0 Å². The molecule has 0 aliphatic rings. The Morgan fingerprint density at radius 3 is 2.86 bits per heavy atom. The van der Waals surface area contributed by atoms with Gasteiger partial charge in [-0.3, -0.25) is 0 Å². The van der Waals surface area contributed by atoms with Crippen LogP contribution in [-0.4, -0.2) is 17.8 Å². The van der Waals surface area contributed by atoms with Gasteiger partial charge in [-0.2, -0.15) is 0 Å². The minimum absolute atomic E-state index is 0.365. The Bertz CT molecular complexity index is 302. The van der Waals surface area contributed by atoms with Gasteiger partial charge in [-0.15, -0.1) is 0 Å². The fourth-order valence-corrected chi connectivity index (χ4v) is 1.09. The second kappa shape index (κ2) is 4.81. The van der Waals surface area contributed by atoms with Crippen LogP contribution < -0.4 is 11.1 Å². The van der Waals surface area contributed by atoms with Gasteiger partial charge in [0.1, 0.15) is 5.82 Å². The highest BCUT2D eigenvalue weighted by Gasteiger charge is 2.01. The highest BCUT2D eigenvalue weighted by atomic mass is 19.1. The minimum atomic E-state index is -0.376.